The van der Waals surface area contributed by atoms with Crippen molar-refractivity contribution in [1.29, 1.82) is 0 Å². The van der Waals surface area contributed by atoms with E-state index in [1.54, 1.807) is 13.0 Å². The summed E-state index contributed by atoms with van der Waals surface area (Å²) in [7, 11) is 0. The van der Waals surface area contributed by atoms with Gasteiger partial charge in [-0.05, 0) is 26.1 Å². The molecule has 0 radical (unpaired) electrons. The first-order valence-electron chi connectivity index (χ1n) is 6.30. The summed E-state index contributed by atoms with van der Waals surface area (Å²) in [5.41, 5.74) is 1.71. The van der Waals surface area contributed by atoms with Crippen molar-refractivity contribution in [2.45, 2.75) is 20.8 Å². The summed E-state index contributed by atoms with van der Waals surface area (Å²) >= 11 is 0. The van der Waals surface area contributed by atoms with Crippen LogP contribution in [0.2, 0.25) is 0 Å². The van der Waals surface area contributed by atoms with E-state index in [9.17, 15) is 10.1 Å². The standard InChI is InChI=1S/C13H21N3O2/c1-4-15(5-2)10-9-14-12-7-6-8-13(11(12)3)16(17)18/h6-8,14H,4-5,9-10H2,1-3H3. The molecule has 0 spiro atoms. The largest absolute Gasteiger partial charge is 0.383 e. The summed E-state index contributed by atoms with van der Waals surface area (Å²) in [4.78, 5) is 12.8. The Balaban J connectivity index is 2.63. The molecular formula is C13H21N3O2. The van der Waals surface area contributed by atoms with Crippen molar-refractivity contribution in [3.05, 3.63) is 33.9 Å². The zero-order chi connectivity index (χ0) is 13.5. The second kappa shape index (κ2) is 6.96. The molecule has 100 valence electrons. The maximum absolute atomic E-state index is 10.8. The molecule has 0 bridgehead atoms. The number of nitrogens with one attached hydrogen (secondary N) is 1. The Bertz CT molecular complexity index is 403. The van der Waals surface area contributed by atoms with Crippen molar-refractivity contribution in [3.63, 3.8) is 0 Å². The zero-order valence-electron chi connectivity index (χ0n) is 11.3. The number of anilines is 1. The number of nitro groups is 1. The summed E-state index contributed by atoms with van der Waals surface area (Å²) < 4.78 is 0. The average molecular weight is 251 g/mol. The van der Waals surface area contributed by atoms with E-state index in [4.69, 9.17) is 0 Å². The van der Waals surface area contributed by atoms with Gasteiger partial charge in [0.25, 0.3) is 5.69 Å². The van der Waals surface area contributed by atoms with Crippen molar-refractivity contribution < 1.29 is 4.92 Å². The minimum Gasteiger partial charge on any atom is -0.383 e. The van der Waals surface area contributed by atoms with Gasteiger partial charge in [-0.25, -0.2) is 0 Å². The van der Waals surface area contributed by atoms with Crippen molar-refractivity contribution in [3.8, 4) is 0 Å². The van der Waals surface area contributed by atoms with Crippen molar-refractivity contribution in [1.82, 2.24) is 4.90 Å². The van der Waals surface area contributed by atoms with Crippen LogP contribution >= 0.6 is 0 Å². The van der Waals surface area contributed by atoms with E-state index in [2.05, 4.69) is 24.1 Å². The van der Waals surface area contributed by atoms with Crippen LogP contribution in [0.15, 0.2) is 18.2 Å². The summed E-state index contributed by atoms with van der Waals surface area (Å²) in [5.74, 6) is 0. The Morgan fingerprint density at radius 2 is 2.00 bits per heavy atom. The molecule has 1 aromatic carbocycles. The van der Waals surface area contributed by atoms with Crippen LogP contribution in [0, 0.1) is 17.0 Å². The lowest BCUT2D eigenvalue weighted by Crippen LogP contribution is -2.28. The number of hydrogen-bond donors (Lipinski definition) is 1. The molecule has 0 aliphatic carbocycles. The normalized spacial score (nSPS) is 10.7. The number of likely N-dealkylation sites (N-methyl/N-ethyl adjacent to an activating group) is 1. The first-order chi connectivity index (χ1) is 8.60. The van der Waals surface area contributed by atoms with Crippen LogP contribution in [0.1, 0.15) is 19.4 Å². The maximum atomic E-state index is 10.8. The molecule has 0 unspecified atom stereocenters. The van der Waals surface area contributed by atoms with E-state index in [-0.39, 0.29) is 10.6 Å². The quantitative estimate of drug-likeness (QED) is 0.598. The van der Waals surface area contributed by atoms with Gasteiger partial charge in [0.05, 0.1) is 4.92 Å². The highest BCUT2D eigenvalue weighted by Crippen LogP contribution is 2.24. The molecule has 5 heteroatoms. The molecular weight excluding hydrogens is 230 g/mol. The van der Waals surface area contributed by atoms with Gasteiger partial charge in [-0.3, -0.25) is 10.1 Å². The Morgan fingerprint density at radius 3 is 2.56 bits per heavy atom. The molecule has 0 amide bonds. The molecule has 5 nitrogen and oxygen atoms in total. The molecule has 0 aliphatic rings. The van der Waals surface area contributed by atoms with Gasteiger partial charge in [0.1, 0.15) is 0 Å². The highest BCUT2D eigenvalue weighted by molar-refractivity contribution is 5.59. The first kappa shape index (κ1) is 14.4. The molecule has 1 N–H and O–H groups in total. The monoisotopic (exact) mass is 251 g/mol. The fourth-order valence-corrected chi connectivity index (χ4v) is 1.90. The lowest BCUT2D eigenvalue weighted by Gasteiger charge is -2.18. The van der Waals surface area contributed by atoms with Gasteiger partial charge in [-0.2, -0.15) is 0 Å². The predicted octanol–water partition coefficient (Wildman–Crippen LogP) is 2.66. The minimum atomic E-state index is -0.342. The van der Waals surface area contributed by atoms with Crippen LogP contribution in [-0.2, 0) is 0 Å². The Hall–Kier alpha value is -1.62. The lowest BCUT2D eigenvalue weighted by molar-refractivity contribution is -0.385. The van der Waals surface area contributed by atoms with Gasteiger partial charge in [0.15, 0.2) is 0 Å². The van der Waals surface area contributed by atoms with Crippen LogP contribution in [0.5, 0.6) is 0 Å². The molecule has 0 fully saturated rings. The van der Waals surface area contributed by atoms with E-state index in [1.165, 1.54) is 6.07 Å². The Morgan fingerprint density at radius 1 is 1.33 bits per heavy atom. The fourth-order valence-electron chi connectivity index (χ4n) is 1.90. The third kappa shape index (κ3) is 3.70. The van der Waals surface area contributed by atoms with E-state index in [0.29, 0.717) is 5.56 Å². The van der Waals surface area contributed by atoms with Crippen LogP contribution in [-0.4, -0.2) is 36.0 Å². The molecule has 0 saturated heterocycles. The third-order valence-electron chi connectivity index (χ3n) is 3.14. The molecule has 0 aromatic heterocycles. The number of hydrogen-bond acceptors (Lipinski definition) is 4. The number of benzene rings is 1. The molecule has 0 saturated carbocycles. The van der Waals surface area contributed by atoms with E-state index >= 15 is 0 Å². The van der Waals surface area contributed by atoms with Gasteiger partial charge < -0.3 is 10.2 Å². The van der Waals surface area contributed by atoms with Crippen molar-refractivity contribution in [2.75, 3.05) is 31.5 Å². The number of nitrogens with zero attached hydrogens (tertiary/aromatic N) is 2. The molecule has 18 heavy (non-hydrogen) atoms. The first-order valence-corrected chi connectivity index (χ1v) is 6.30. The summed E-state index contributed by atoms with van der Waals surface area (Å²) in [6, 6.07) is 5.13. The maximum Gasteiger partial charge on any atom is 0.274 e. The number of rotatable bonds is 7. The molecule has 0 atom stereocenters. The predicted molar refractivity (Wildman–Crippen MR) is 74.1 cm³/mol. The van der Waals surface area contributed by atoms with Gasteiger partial charge in [0, 0.05) is 30.4 Å². The van der Waals surface area contributed by atoms with Crippen molar-refractivity contribution in [2.24, 2.45) is 0 Å². The molecule has 0 aliphatic heterocycles. The number of nitro benzene ring substituents is 1. The summed E-state index contributed by atoms with van der Waals surface area (Å²) in [6.45, 7) is 9.80. The zero-order valence-corrected chi connectivity index (χ0v) is 11.3. The van der Waals surface area contributed by atoms with Crippen LogP contribution in [0.3, 0.4) is 0 Å². The van der Waals surface area contributed by atoms with Gasteiger partial charge in [0.2, 0.25) is 0 Å². The summed E-state index contributed by atoms with van der Waals surface area (Å²) in [5, 5.41) is 14.1. The topological polar surface area (TPSA) is 58.4 Å². The molecule has 0 heterocycles. The minimum absolute atomic E-state index is 0.169. The van der Waals surface area contributed by atoms with Crippen LogP contribution < -0.4 is 5.32 Å². The Labute approximate surface area is 108 Å². The van der Waals surface area contributed by atoms with Gasteiger partial charge >= 0.3 is 0 Å². The summed E-state index contributed by atoms with van der Waals surface area (Å²) in [6.07, 6.45) is 0. The van der Waals surface area contributed by atoms with E-state index < -0.39 is 0 Å². The van der Waals surface area contributed by atoms with Crippen LogP contribution in [0.25, 0.3) is 0 Å². The second-order valence-electron chi connectivity index (χ2n) is 4.16. The molecule has 1 aromatic rings. The lowest BCUT2D eigenvalue weighted by atomic mass is 10.1. The highest BCUT2D eigenvalue weighted by Gasteiger charge is 2.12. The van der Waals surface area contributed by atoms with Crippen LogP contribution in [0.4, 0.5) is 11.4 Å². The smallest absolute Gasteiger partial charge is 0.274 e. The Kier molecular flexibility index (Phi) is 5.58. The van der Waals surface area contributed by atoms with E-state index in [1.807, 2.05) is 6.07 Å². The fraction of sp³-hybridized carbons (Fsp3) is 0.538. The SMILES string of the molecule is CCN(CC)CCNc1cccc([N+](=O)[O-])c1C. The molecule has 1 rings (SSSR count). The van der Waals surface area contributed by atoms with Gasteiger partial charge in [-0.15, -0.1) is 0 Å². The van der Waals surface area contributed by atoms with Gasteiger partial charge in [-0.1, -0.05) is 19.9 Å². The average Bonchev–Trinajstić information content (AvgIpc) is 2.36. The van der Waals surface area contributed by atoms with E-state index in [0.717, 1.165) is 31.9 Å². The highest BCUT2D eigenvalue weighted by atomic mass is 16.6. The third-order valence-corrected chi connectivity index (χ3v) is 3.14. The second-order valence-corrected chi connectivity index (χ2v) is 4.16. The van der Waals surface area contributed by atoms with Crippen molar-refractivity contribution >= 4 is 11.4 Å².